The fourth-order valence-electron chi connectivity index (χ4n) is 3.25. The molecule has 1 atom stereocenters. The first kappa shape index (κ1) is 18.3. The summed E-state index contributed by atoms with van der Waals surface area (Å²) in [7, 11) is 1.59. The summed E-state index contributed by atoms with van der Waals surface area (Å²) in [5.41, 5.74) is 1.48. The minimum absolute atomic E-state index is 0.206. The summed E-state index contributed by atoms with van der Waals surface area (Å²) in [5, 5.41) is 7.60. The lowest BCUT2D eigenvalue weighted by atomic mass is 10.2. The van der Waals surface area contributed by atoms with Gasteiger partial charge in [-0.25, -0.2) is 4.79 Å². The SMILES string of the molecule is COc1cccc(NC(=O)N2CCCC2c2nc(-c3ccc(Cl)cc3)no2)c1. The molecule has 1 aliphatic rings. The van der Waals surface area contributed by atoms with Gasteiger partial charge in [-0.2, -0.15) is 4.98 Å². The highest BCUT2D eigenvalue weighted by Crippen LogP contribution is 2.33. The van der Waals surface area contributed by atoms with E-state index in [2.05, 4.69) is 15.5 Å². The standard InChI is InChI=1S/C20H19ClN4O3/c1-27-16-5-2-4-15(12-16)22-20(26)25-11-3-6-17(25)19-23-18(24-28-19)13-7-9-14(21)10-8-13/h2,4-5,7-10,12,17H,3,6,11H2,1H3,(H,22,26). The summed E-state index contributed by atoms with van der Waals surface area (Å²) in [6, 6.07) is 14.0. The second-order valence-electron chi connectivity index (χ2n) is 6.48. The average Bonchev–Trinajstić information content (AvgIpc) is 3.38. The minimum atomic E-state index is -0.251. The molecule has 1 unspecified atom stereocenters. The van der Waals surface area contributed by atoms with Gasteiger partial charge in [0.25, 0.3) is 0 Å². The van der Waals surface area contributed by atoms with Gasteiger partial charge < -0.3 is 19.5 Å². The van der Waals surface area contributed by atoms with E-state index in [1.807, 2.05) is 30.3 Å². The Morgan fingerprint density at radius 2 is 2.11 bits per heavy atom. The molecule has 3 aromatic rings. The number of nitrogens with zero attached hydrogens (tertiary/aromatic N) is 3. The molecular formula is C20H19ClN4O3. The highest BCUT2D eigenvalue weighted by atomic mass is 35.5. The van der Waals surface area contributed by atoms with Crippen LogP contribution in [-0.2, 0) is 0 Å². The van der Waals surface area contributed by atoms with Gasteiger partial charge in [0.15, 0.2) is 0 Å². The fraction of sp³-hybridized carbons (Fsp3) is 0.250. The predicted molar refractivity (Wildman–Crippen MR) is 105 cm³/mol. The highest BCUT2D eigenvalue weighted by Gasteiger charge is 2.34. The van der Waals surface area contributed by atoms with E-state index in [1.54, 1.807) is 30.2 Å². The number of anilines is 1. The number of amides is 2. The zero-order valence-corrected chi connectivity index (χ0v) is 16.0. The Morgan fingerprint density at radius 3 is 2.89 bits per heavy atom. The number of halogens is 1. The van der Waals surface area contributed by atoms with Crippen molar-refractivity contribution in [1.82, 2.24) is 15.0 Å². The molecule has 1 saturated heterocycles. The van der Waals surface area contributed by atoms with Crippen molar-refractivity contribution in [3.63, 3.8) is 0 Å². The summed E-state index contributed by atoms with van der Waals surface area (Å²) in [6.07, 6.45) is 1.64. The number of benzene rings is 2. The van der Waals surface area contributed by atoms with Crippen LogP contribution in [0.5, 0.6) is 5.75 Å². The molecule has 1 N–H and O–H groups in total. The van der Waals surface area contributed by atoms with Gasteiger partial charge in [0.05, 0.1) is 7.11 Å². The largest absolute Gasteiger partial charge is 0.497 e. The molecule has 1 fully saturated rings. The molecule has 0 aliphatic carbocycles. The number of nitrogens with one attached hydrogen (secondary N) is 1. The molecule has 2 aromatic carbocycles. The number of methoxy groups -OCH3 is 1. The molecule has 4 rings (SSSR count). The van der Waals surface area contributed by atoms with Gasteiger partial charge in [0.1, 0.15) is 11.8 Å². The van der Waals surface area contributed by atoms with Crippen molar-refractivity contribution in [3.05, 3.63) is 59.4 Å². The van der Waals surface area contributed by atoms with Crippen LogP contribution >= 0.6 is 11.6 Å². The van der Waals surface area contributed by atoms with Crippen LogP contribution in [0, 0.1) is 0 Å². The lowest BCUT2D eigenvalue weighted by Crippen LogP contribution is -2.34. The first-order valence-electron chi connectivity index (χ1n) is 8.95. The zero-order valence-electron chi connectivity index (χ0n) is 15.3. The molecular weight excluding hydrogens is 380 g/mol. The molecule has 0 radical (unpaired) electrons. The van der Waals surface area contributed by atoms with E-state index in [0.29, 0.717) is 34.7 Å². The first-order valence-corrected chi connectivity index (χ1v) is 9.33. The summed E-state index contributed by atoms with van der Waals surface area (Å²) < 4.78 is 10.7. The molecule has 1 aliphatic heterocycles. The van der Waals surface area contributed by atoms with Gasteiger partial charge >= 0.3 is 6.03 Å². The second-order valence-corrected chi connectivity index (χ2v) is 6.91. The lowest BCUT2D eigenvalue weighted by molar-refractivity contribution is 0.193. The summed E-state index contributed by atoms with van der Waals surface area (Å²) >= 11 is 5.92. The van der Waals surface area contributed by atoms with Crippen LogP contribution in [-0.4, -0.2) is 34.7 Å². The molecule has 2 heterocycles. The lowest BCUT2D eigenvalue weighted by Gasteiger charge is -2.22. The van der Waals surface area contributed by atoms with E-state index in [4.69, 9.17) is 20.9 Å². The van der Waals surface area contributed by atoms with Crippen LogP contribution in [0.25, 0.3) is 11.4 Å². The molecule has 144 valence electrons. The van der Waals surface area contributed by atoms with Crippen molar-refractivity contribution in [2.75, 3.05) is 19.0 Å². The van der Waals surface area contributed by atoms with Crippen LogP contribution in [0.2, 0.25) is 5.02 Å². The Balaban J connectivity index is 1.50. The van der Waals surface area contributed by atoms with Crippen LogP contribution in [0.4, 0.5) is 10.5 Å². The van der Waals surface area contributed by atoms with E-state index in [1.165, 1.54) is 0 Å². The van der Waals surface area contributed by atoms with Gasteiger partial charge in [-0.05, 0) is 49.2 Å². The Kier molecular flexibility index (Phi) is 5.16. The Morgan fingerprint density at radius 1 is 1.29 bits per heavy atom. The smallest absolute Gasteiger partial charge is 0.322 e. The molecule has 2 amide bonds. The van der Waals surface area contributed by atoms with Crippen molar-refractivity contribution in [2.45, 2.75) is 18.9 Å². The normalized spacial score (nSPS) is 16.2. The zero-order chi connectivity index (χ0) is 19.5. The molecule has 0 saturated carbocycles. The number of hydrogen-bond donors (Lipinski definition) is 1. The van der Waals surface area contributed by atoms with Crippen LogP contribution < -0.4 is 10.1 Å². The van der Waals surface area contributed by atoms with Crippen LogP contribution in [0.15, 0.2) is 53.1 Å². The number of ether oxygens (including phenoxy) is 1. The van der Waals surface area contributed by atoms with Crippen molar-refractivity contribution in [1.29, 1.82) is 0 Å². The third-order valence-corrected chi connectivity index (χ3v) is 4.92. The van der Waals surface area contributed by atoms with Gasteiger partial charge in [-0.15, -0.1) is 0 Å². The number of carbonyl (C=O) groups is 1. The second kappa shape index (κ2) is 7.90. The van der Waals surface area contributed by atoms with Crippen molar-refractivity contribution >= 4 is 23.3 Å². The third kappa shape index (κ3) is 3.80. The molecule has 0 spiro atoms. The number of rotatable bonds is 4. The molecule has 0 bridgehead atoms. The fourth-order valence-corrected chi connectivity index (χ4v) is 3.38. The maximum absolute atomic E-state index is 12.8. The van der Waals surface area contributed by atoms with E-state index in [-0.39, 0.29) is 12.1 Å². The molecule has 28 heavy (non-hydrogen) atoms. The monoisotopic (exact) mass is 398 g/mol. The van der Waals surface area contributed by atoms with Crippen LogP contribution in [0.3, 0.4) is 0 Å². The van der Waals surface area contributed by atoms with Gasteiger partial charge in [0.2, 0.25) is 11.7 Å². The summed E-state index contributed by atoms with van der Waals surface area (Å²) in [6.45, 7) is 0.624. The van der Waals surface area contributed by atoms with E-state index >= 15 is 0 Å². The van der Waals surface area contributed by atoms with Crippen molar-refractivity contribution in [3.8, 4) is 17.1 Å². The Hall–Kier alpha value is -3.06. The predicted octanol–water partition coefficient (Wildman–Crippen LogP) is 4.77. The maximum atomic E-state index is 12.8. The number of urea groups is 1. The van der Waals surface area contributed by atoms with Gasteiger partial charge in [-0.3, -0.25) is 0 Å². The Bertz CT molecular complexity index is 974. The van der Waals surface area contributed by atoms with Crippen LogP contribution in [0.1, 0.15) is 24.8 Å². The Labute approximate surface area is 167 Å². The summed E-state index contributed by atoms with van der Waals surface area (Å²) in [4.78, 5) is 19.0. The average molecular weight is 399 g/mol. The van der Waals surface area contributed by atoms with E-state index in [0.717, 1.165) is 18.4 Å². The number of hydrogen-bond acceptors (Lipinski definition) is 5. The number of carbonyl (C=O) groups excluding carboxylic acids is 1. The highest BCUT2D eigenvalue weighted by molar-refractivity contribution is 6.30. The molecule has 7 nitrogen and oxygen atoms in total. The van der Waals surface area contributed by atoms with Crippen molar-refractivity contribution in [2.24, 2.45) is 0 Å². The number of aromatic nitrogens is 2. The molecule has 1 aromatic heterocycles. The quantitative estimate of drug-likeness (QED) is 0.684. The van der Waals surface area contributed by atoms with E-state index < -0.39 is 0 Å². The van der Waals surface area contributed by atoms with Gasteiger partial charge in [0, 0.05) is 28.9 Å². The maximum Gasteiger partial charge on any atom is 0.322 e. The van der Waals surface area contributed by atoms with Crippen molar-refractivity contribution < 1.29 is 14.1 Å². The summed E-state index contributed by atoms with van der Waals surface area (Å²) in [5.74, 6) is 1.59. The minimum Gasteiger partial charge on any atom is -0.497 e. The number of likely N-dealkylation sites (tertiary alicyclic amines) is 1. The van der Waals surface area contributed by atoms with Gasteiger partial charge in [-0.1, -0.05) is 22.8 Å². The van der Waals surface area contributed by atoms with E-state index in [9.17, 15) is 4.79 Å². The first-order chi connectivity index (χ1) is 13.6. The molecule has 8 heteroatoms. The topological polar surface area (TPSA) is 80.5 Å². The third-order valence-electron chi connectivity index (χ3n) is 4.66.